The zero-order valence-corrected chi connectivity index (χ0v) is 13.2. The summed E-state index contributed by atoms with van der Waals surface area (Å²) in [5.74, 6) is -2.65. The molecule has 1 saturated carbocycles. The van der Waals surface area contributed by atoms with Crippen LogP contribution in [0.2, 0.25) is 0 Å². The van der Waals surface area contributed by atoms with Gasteiger partial charge in [0.05, 0.1) is 5.39 Å². The second-order valence-corrected chi connectivity index (χ2v) is 6.83. The Morgan fingerprint density at radius 1 is 1.00 bits per heavy atom. The van der Waals surface area contributed by atoms with Crippen LogP contribution < -0.4 is 0 Å². The van der Waals surface area contributed by atoms with E-state index in [4.69, 9.17) is 0 Å². The summed E-state index contributed by atoms with van der Waals surface area (Å²) in [6.45, 7) is 2.25. The Bertz CT molecular complexity index is 718. The first-order valence-electron chi connectivity index (χ1n) is 8.25. The molecule has 124 valence electrons. The highest BCUT2D eigenvalue weighted by Gasteiger charge is 2.21. The molecule has 0 atom stereocenters. The standard InChI is InChI=1S/C19H21F3O/c1-11-2-4-12(5-3-11)6-7-14-10-13-8-9-15(23)18(21)16(13)19(22)17(14)20/h8-12,23H,2-7H2,1H3. The maximum Gasteiger partial charge on any atom is 0.175 e. The Balaban J connectivity index is 1.84. The lowest BCUT2D eigenvalue weighted by atomic mass is 9.80. The van der Waals surface area contributed by atoms with Gasteiger partial charge in [-0.3, -0.25) is 0 Å². The van der Waals surface area contributed by atoms with Crippen LogP contribution in [0.5, 0.6) is 5.75 Å². The van der Waals surface area contributed by atoms with E-state index in [2.05, 4.69) is 6.92 Å². The maximum absolute atomic E-state index is 14.2. The van der Waals surface area contributed by atoms with Crippen LogP contribution in [0.15, 0.2) is 18.2 Å². The van der Waals surface area contributed by atoms with Crippen molar-refractivity contribution in [2.45, 2.75) is 45.4 Å². The molecule has 1 aliphatic rings. The zero-order valence-electron chi connectivity index (χ0n) is 13.2. The van der Waals surface area contributed by atoms with E-state index in [1.807, 2.05) is 0 Å². The summed E-state index contributed by atoms with van der Waals surface area (Å²) in [5.41, 5.74) is 0.290. The van der Waals surface area contributed by atoms with Gasteiger partial charge in [0.25, 0.3) is 0 Å². The van der Waals surface area contributed by atoms with E-state index in [0.29, 0.717) is 17.9 Å². The number of phenolic OH excluding ortho intramolecular Hbond substituents is 1. The van der Waals surface area contributed by atoms with Gasteiger partial charge >= 0.3 is 0 Å². The van der Waals surface area contributed by atoms with Crippen molar-refractivity contribution in [3.8, 4) is 5.75 Å². The second kappa shape index (κ2) is 6.42. The van der Waals surface area contributed by atoms with Crippen molar-refractivity contribution in [3.05, 3.63) is 41.2 Å². The summed E-state index contributed by atoms with van der Waals surface area (Å²) in [5, 5.41) is 9.14. The number of phenols is 1. The van der Waals surface area contributed by atoms with Gasteiger partial charge in [-0.1, -0.05) is 38.7 Å². The Morgan fingerprint density at radius 2 is 1.70 bits per heavy atom. The third kappa shape index (κ3) is 3.17. The summed E-state index contributed by atoms with van der Waals surface area (Å²) in [6, 6.07) is 4.09. The van der Waals surface area contributed by atoms with Crippen LogP contribution in [0, 0.1) is 29.3 Å². The first-order chi connectivity index (χ1) is 11.0. The molecular weight excluding hydrogens is 301 g/mol. The number of aromatic hydroxyl groups is 1. The molecule has 0 spiro atoms. The number of hydrogen-bond acceptors (Lipinski definition) is 1. The molecule has 23 heavy (non-hydrogen) atoms. The number of aryl methyl sites for hydroxylation is 1. The monoisotopic (exact) mass is 322 g/mol. The lowest BCUT2D eigenvalue weighted by Crippen LogP contribution is -2.13. The SMILES string of the molecule is CC1CCC(CCc2cc3ccc(O)c(F)c3c(F)c2F)CC1. The highest BCUT2D eigenvalue weighted by atomic mass is 19.2. The molecule has 0 radical (unpaired) electrons. The van der Waals surface area contributed by atoms with Crippen LogP contribution in [-0.4, -0.2) is 5.11 Å². The van der Waals surface area contributed by atoms with E-state index in [-0.39, 0.29) is 5.39 Å². The summed E-state index contributed by atoms with van der Waals surface area (Å²) >= 11 is 0. The van der Waals surface area contributed by atoms with E-state index in [1.165, 1.54) is 31.0 Å². The molecule has 0 bridgehead atoms. The molecular formula is C19H21F3O. The minimum absolute atomic E-state index is 0.284. The zero-order chi connectivity index (χ0) is 16.6. The quantitative estimate of drug-likeness (QED) is 0.766. The summed E-state index contributed by atoms with van der Waals surface area (Å²) in [4.78, 5) is 0. The van der Waals surface area contributed by atoms with Crippen molar-refractivity contribution in [3.63, 3.8) is 0 Å². The van der Waals surface area contributed by atoms with Gasteiger partial charge in [-0.15, -0.1) is 0 Å². The highest BCUT2D eigenvalue weighted by molar-refractivity contribution is 5.86. The number of rotatable bonds is 3. The molecule has 1 aliphatic carbocycles. The minimum atomic E-state index is -1.21. The average molecular weight is 322 g/mol. The van der Waals surface area contributed by atoms with Crippen LogP contribution in [0.4, 0.5) is 13.2 Å². The van der Waals surface area contributed by atoms with E-state index in [1.54, 1.807) is 0 Å². The van der Waals surface area contributed by atoms with Crippen molar-refractivity contribution < 1.29 is 18.3 Å². The van der Waals surface area contributed by atoms with Gasteiger partial charge in [0.15, 0.2) is 23.2 Å². The van der Waals surface area contributed by atoms with Gasteiger partial charge in [0.1, 0.15) is 0 Å². The normalized spacial score (nSPS) is 21.7. The fourth-order valence-corrected chi connectivity index (χ4v) is 3.58. The molecule has 4 heteroatoms. The van der Waals surface area contributed by atoms with Crippen molar-refractivity contribution >= 4 is 10.8 Å². The van der Waals surface area contributed by atoms with Crippen LogP contribution >= 0.6 is 0 Å². The average Bonchev–Trinajstić information content (AvgIpc) is 2.54. The Morgan fingerprint density at radius 3 is 2.39 bits per heavy atom. The minimum Gasteiger partial charge on any atom is -0.505 e. The molecule has 0 aromatic heterocycles. The molecule has 0 aliphatic heterocycles. The van der Waals surface area contributed by atoms with Crippen molar-refractivity contribution in [1.82, 2.24) is 0 Å². The fourth-order valence-electron chi connectivity index (χ4n) is 3.58. The number of hydrogen-bond donors (Lipinski definition) is 1. The third-order valence-electron chi connectivity index (χ3n) is 5.14. The van der Waals surface area contributed by atoms with Crippen LogP contribution in [0.25, 0.3) is 10.8 Å². The molecule has 2 aromatic carbocycles. The summed E-state index contributed by atoms with van der Waals surface area (Å²) in [6.07, 6.45) is 5.96. The molecule has 1 fully saturated rings. The predicted octanol–water partition coefficient (Wildman–Crippen LogP) is 5.72. The van der Waals surface area contributed by atoms with Gasteiger partial charge in [-0.25, -0.2) is 13.2 Å². The smallest absolute Gasteiger partial charge is 0.175 e. The van der Waals surface area contributed by atoms with E-state index in [0.717, 1.165) is 25.2 Å². The molecule has 3 rings (SSSR count). The van der Waals surface area contributed by atoms with Crippen LogP contribution in [0.1, 0.15) is 44.6 Å². The second-order valence-electron chi connectivity index (χ2n) is 6.83. The Kier molecular flexibility index (Phi) is 4.51. The molecule has 0 saturated heterocycles. The number of fused-ring (bicyclic) bond motifs is 1. The summed E-state index contributed by atoms with van der Waals surface area (Å²) < 4.78 is 42.3. The molecule has 0 heterocycles. The van der Waals surface area contributed by atoms with E-state index < -0.39 is 28.6 Å². The molecule has 1 N–H and O–H groups in total. The number of benzene rings is 2. The van der Waals surface area contributed by atoms with Gasteiger partial charge in [0.2, 0.25) is 0 Å². The van der Waals surface area contributed by atoms with Gasteiger partial charge < -0.3 is 5.11 Å². The lowest BCUT2D eigenvalue weighted by molar-refractivity contribution is 0.277. The number of halogens is 3. The largest absolute Gasteiger partial charge is 0.505 e. The Labute approximate surface area is 134 Å². The molecule has 0 amide bonds. The van der Waals surface area contributed by atoms with Gasteiger partial charge in [-0.2, -0.15) is 0 Å². The lowest BCUT2D eigenvalue weighted by Gasteiger charge is -2.26. The van der Waals surface area contributed by atoms with E-state index >= 15 is 0 Å². The van der Waals surface area contributed by atoms with Gasteiger partial charge in [0, 0.05) is 0 Å². The highest BCUT2D eigenvalue weighted by Crippen LogP contribution is 2.34. The third-order valence-corrected chi connectivity index (χ3v) is 5.14. The van der Waals surface area contributed by atoms with Gasteiger partial charge in [-0.05, 0) is 47.8 Å². The maximum atomic E-state index is 14.2. The molecule has 2 aromatic rings. The summed E-state index contributed by atoms with van der Waals surface area (Å²) in [7, 11) is 0. The Hall–Kier alpha value is -1.71. The molecule has 1 nitrogen and oxygen atoms in total. The fraction of sp³-hybridized carbons (Fsp3) is 0.474. The predicted molar refractivity (Wildman–Crippen MR) is 84.9 cm³/mol. The van der Waals surface area contributed by atoms with E-state index in [9.17, 15) is 18.3 Å². The van der Waals surface area contributed by atoms with Crippen molar-refractivity contribution in [2.75, 3.05) is 0 Å². The first-order valence-corrected chi connectivity index (χ1v) is 8.25. The van der Waals surface area contributed by atoms with Crippen molar-refractivity contribution in [2.24, 2.45) is 11.8 Å². The van der Waals surface area contributed by atoms with Crippen molar-refractivity contribution in [1.29, 1.82) is 0 Å². The van der Waals surface area contributed by atoms with Crippen LogP contribution in [0.3, 0.4) is 0 Å². The van der Waals surface area contributed by atoms with Crippen LogP contribution in [-0.2, 0) is 6.42 Å². The first kappa shape index (κ1) is 16.2. The topological polar surface area (TPSA) is 20.2 Å². The molecule has 0 unspecified atom stereocenters.